The van der Waals surface area contributed by atoms with Crippen molar-refractivity contribution >= 4 is 40.2 Å². The van der Waals surface area contributed by atoms with Gasteiger partial charge in [0.2, 0.25) is 5.95 Å². The Kier molecular flexibility index (Phi) is 7.46. The second kappa shape index (κ2) is 11.5. The van der Waals surface area contributed by atoms with E-state index in [1.807, 2.05) is 99.6 Å². The van der Waals surface area contributed by atoms with Gasteiger partial charge in [-0.1, -0.05) is 42.5 Å². The van der Waals surface area contributed by atoms with Crippen LogP contribution in [0.1, 0.15) is 42.2 Å². The average Bonchev–Trinajstić information content (AvgIpc) is 3.43. The van der Waals surface area contributed by atoms with E-state index in [0.717, 1.165) is 47.0 Å². The highest BCUT2D eigenvalue weighted by atomic mass is 32.2. The molecule has 2 unspecified atom stereocenters. The molecule has 3 aromatic carbocycles. The van der Waals surface area contributed by atoms with Gasteiger partial charge < -0.3 is 15.0 Å². The second-order valence-electron chi connectivity index (χ2n) is 12.4. The van der Waals surface area contributed by atoms with E-state index < -0.39 is 10.8 Å². The third-order valence-corrected chi connectivity index (χ3v) is 9.99. The zero-order valence-electron chi connectivity index (χ0n) is 25.8. The average molecular weight is 618 g/mol. The lowest BCUT2D eigenvalue weighted by Crippen LogP contribution is -2.44. The predicted octanol–water partition coefficient (Wildman–Crippen LogP) is 6.90. The molecule has 2 aromatic heterocycles. The van der Waals surface area contributed by atoms with Crippen molar-refractivity contribution in [3.8, 4) is 16.9 Å². The molecule has 45 heavy (non-hydrogen) atoms. The van der Waals surface area contributed by atoms with E-state index in [-0.39, 0.29) is 17.4 Å². The van der Waals surface area contributed by atoms with Crippen molar-refractivity contribution in [1.29, 1.82) is 0 Å². The maximum absolute atomic E-state index is 14.6. The Morgan fingerprint density at radius 1 is 0.956 bits per heavy atom. The molecule has 8 nitrogen and oxygen atoms in total. The number of likely N-dealkylation sites (tertiary alicyclic amines) is 1. The number of hydrogen-bond donors (Lipinski definition) is 1. The van der Waals surface area contributed by atoms with Crippen LogP contribution in [-0.4, -0.2) is 56.2 Å². The van der Waals surface area contributed by atoms with E-state index in [2.05, 4.69) is 22.2 Å². The quantitative estimate of drug-likeness (QED) is 0.220. The van der Waals surface area contributed by atoms with Crippen molar-refractivity contribution in [3.63, 3.8) is 0 Å². The second-order valence-corrected chi connectivity index (χ2v) is 14.1. The fraction of sp³-hybridized carbons (Fsp3) is 0.278. The monoisotopic (exact) mass is 617 g/mol. The van der Waals surface area contributed by atoms with Crippen molar-refractivity contribution in [2.75, 3.05) is 25.5 Å². The molecule has 0 aliphatic carbocycles. The number of aryl methyl sites for hydroxylation is 1. The van der Waals surface area contributed by atoms with Gasteiger partial charge in [0.05, 0.1) is 0 Å². The van der Waals surface area contributed by atoms with Crippen molar-refractivity contribution in [1.82, 2.24) is 19.4 Å². The Morgan fingerprint density at radius 3 is 2.42 bits per heavy atom. The number of hydrogen-bond acceptors (Lipinski definition) is 8. The van der Waals surface area contributed by atoms with Gasteiger partial charge in [0.25, 0.3) is 5.56 Å². The fourth-order valence-electron chi connectivity index (χ4n) is 6.41. The third kappa shape index (κ3) is 5.51. The van der Waals surface area contributed by atoms with E-state index in [1.54, 1.807) is 22.5 Å². The number of benzene rings is 3. The molecular formula is C36H35N5O3S. The molecule has 7 rings (SSSR count). The summed E-state index contributed by atoms with van der Waals surface area (Å²) in [4.78, 5) is 41.5. The minimum atomic E-state index is -0.787. The number of anilines is 2. The lowest BCUT2D eigenvalue weighted by atomic mass is 9.91. The van der Waals surface area contributed by atoms with E-state index in [1.165, 1.54) is 0 Å². The van der Waals surface area contributed by atoms with Gasteiger partial charge >= 0.3 is 0 Å². The third-order valence-electron chi connectivity index (χ3n) is 8.66. The molecular weight excluding hydrogens is 582 g/mol. The standard InChI is InChI=1S/C36H35N5O3S/c1-22-9-5-6-10-27(22)29-19-23-20-37-35(38-24-13-15-25(16-14-24)44-26-17-18-40(4)21-26)39-33(23)41(34(29)43)32-31(42)28-11-7-8-12-30(28)45-36(32,2)3/h5-16,19-20,26,32H,17-18,21H2,1-4H3,(H,37,38,39). The van der Waals surface area contributed by atoms with Crippen LogP contribution in [0, 0.1) is 6.92 Å². The summed E-state index contributed by atoms with van der Waals surface area (Å²) in [6, 6.07) is 24.2. The minimum absolute atomic E-state index is 0.100. The first-order valence-corrected chi connectivity index (χ1v) is 16.0. The van der Waals surface area contributed by atoms with E-state index in [9.17, 15) is 9.59 Å². The van der Waals surface area contributed by atoms with Crippen LogP contribution in [0.4, 0.5) is 11.6 Å². The van der Waals surface area contributed by atoms with Gasteiger partial charge in [-0.2, -0.15) is 4.98 Å². The molecule has 5 aromatic rings. The van der Waals surface area contributed by atoms with Gasteiger partial charge in [-0.05, 0) is 81.8 Å². The zero-order valence-corrected chi connectivity index (χ0v) is 26.6. The number of aromatic nitrogens is 3. The molecule has 228 valence electrons. The van der Waals surface area contributed by atoms with E-state index in [4.69, 9.17) is 9.72 Å². The van der Waals surface area contributed by atoms with Gasteiger partial charge in [0.15, 0.2) is 5.78 Å². The van der Waals surface area contributed by atoms with Crippen LogP contribution >= 0.6 is 11.8 Å². The number of likely N-dealkylation sites (N-methyl/N-ethyl adjacent to an activating group) is 1. The lowest BCUT2D eigenvalue weighted by Gasteiger charge is -2.39. The van der Waals surface area contributed by atoms with Gasteiger partial charge in [0, 0.05) is 51.1 Å². The molecule has 2 atom stereocenters. The number of Topliss-reactive ketones (excluding diaryl/α,β-unsaturated/α-hetero) is 1. The largest absolute Gasteiger partial charge is 0.489 e. The van der Waals surface area contributed by atoms with Gasteiger partial charge in [-0.15, -0.1) is 11.8 Å². The Labute approximate surface area is 266 Å². The van der Waals surface area contributed by atoms with Gasteiger partial charge in [0.1, 0.15) is 23.5 Å². The highest BCUT2D eigenvalue weighted by molar-refractivity contribution is 8.00. The first kappa shape index (κ1) is 29.3. The first-order chi connectivity index (χ1) is 21.7. The van der Waals surface area contributed by atoms with E-state index in [0.29, 0.717) is 28.1 Å². The lowest BCUT2D eigenvalue weighted by molar-refractivity contribution is 0.0898. The SMILES string of the molecule is Cc1ccccc1-c1cc2cnc(Nc3ccc(OC4CCN(C)C4)cc3)nc2n(C2C(=O)c3ccccc3SC2(C)C)c1=O. The Bertz CT molecular complexity index is 1990. The normalized spacial score (nSPS) is 19.4. The summed E-state index contributed by atoms with van der Waals surface area (Å²) < 4.78 is 7.11. The number of nitrogens with zero attached hydrogens (tertiary/aromatic N) is 4. The molecule has 0 saturated carbocycles. The van der Waals surface area contributed by atoms with Crippen LogP contribution in [0.3, 0.4) is 0 Å². The van der Waals surface area contributed by atoms with Crippen LogP contribution < -0.4 is 15.6 Å². The molecule has 1 fully saturated rings. The highest BCUT2D eigenvalue weighted by Gasteiger charge is 2.44. The maximum Gasteiger partial charge on any atom is 0.260 e. The summed E-state index contributed by atoms with van der Waals surface area (Å²) in [5.74, 6) is 1.05. The number of nitrogens with one attached hydrogen (secondary N) is 1. The molecule has 2 aliphatic rings. The number of thioether (sulfide) groups is 1. The highest BCUT2D eigenvalue weighted by Crippen LogP contribution is 2.48. The molecule has 0 spiro atoms. The van der Waals surface area contributed by atoms with Crippen LogP contribution in [-0.2, 0) is 0 Å². The van der Waals surface area contributed by atoms with Crippen LogP contribution in [0.5, 0.6) is 5.75 Å². The Morgan fingerprint density at radius 2 is 1.69 bits per heavy atom. The number of pyridine rings is 1. The summed E-state index contributed by atoms with van der Waals surface area (Å²) in [5.41, 5.74) is 3.86. The van der Waals surface area contributed by atoms with Crippen molar-refractivity contribution in [2.24, 2.45) is 0 Å². The number of rotatable bonds is 6. The Balaban J connectivity index is 1.32. The number of carbonyl (C=O) groups is 1. The molecule has 2 aliphatic heterocycles. The molecule has 0 radical (unpaired) electrons. The van der Waals surface area contributed by atoms with Crippen LogP contribution in [0.15, 0.2) is 94.7 Å². The number of carbonyl (C=O) groups excluding carboxylic acids is 1. The minimum Gasteiger partial charge on any atom is -0.489 e. The molecule has 9 heteroatoms. The first-order valence-electron chi connectivity index (χ1n) is 15.2. The fourth-order valence-corrected chi connectivity index (χ4v) is 7.72. The van der Waals surface area contributed by atoms with Crippen LogP contribution in [0.2, 0.25) is 0 Å². The molecule has 0 bridgehead atoms. The van der Waals surface area contributed by atoms with Gasteiger partial charge in [-0.3, -0.25) is 14.2 Å². The molecule has 4 heterocycles. The van der Waals surface area contributed by atoms with Crippen molar-refractivity contribution in [2.45, 2.75) is 49.0 Å². The Hall–Kier alpha value is -4.47. The topological polar surface area (TPSA) is 89.3 Å². The summed E-state index contributed by atoms with van der Waals surface area (Å²) in [6.45, 7) is 7.97. The van der Waals surface area contributed by atoms with E-state index >= 15 is 0 Å². The van der Waals surface area contributed by atoms with Gasteiger partial charge in [-0.25, -0.2) is 4.98 Å². The zero-order chi connectivity index (χ0) is 31.3. The summed E-state index contributed by atoms with van der Waals surface area (Å²) in [6.07, 6.45) is 2.92. The summed E-state index contributed by atoms with van der Waals surface area (Å²) in [7, 11) is 2.10. The van der Waals surface area contributed by atoms with Crippen LogP contribution in [0.25, 0.3) is 22.2 Å². The smallest absolute Gasteiger partial charge is 0.260 e. The number of ketones is 1. The predicted molar refractivity (Wildman–Crippen MR) is 180 cm³/mol. The maximum atomic E-state index is 14.6. The summed E-state index contributed by atoms with van der Waals surface area (Å²) >= 11 is 1.61. The summed E-state index contributed by atoms with van der Waals surface area (Å²) in [5, 5.41) is 3.96. The molecule has 0 amide bonds. The van der Waals surface area contributed by atoms with Crippen molar-refractivity contribution in [3.05, 3.63) is 107 Å². The van der Waals surface area contributed by atoms with Crippen molar-refractivity contribution < 1.29 is 9.53 Å². The number of fused-ring (bicyclic) bond motifs is 2. The number of ether oxygens (including phenoxy) is 1. The molecule has 1 N–H and O–H groups in total. The molecule has 1 saturated heterocycles.